The highest BCUT2D eigenvalue weighted by Gasteiger charge is 2.42. The van der Waals surface area contributed by atoms with Gasteiger partial charge in [0.25, 0.3) is 0 Å². The summed E-state index contributed by atoms with van der Waals surface area (Å²) >= 11 is 0. The van der Waals surface area contributed by atoms with Gasteiger partial charge in [0.2, 0.25) is 0 Å². The molecule has 5 heteroatoms. The van der Waals surface area contributed by atoms with Crippen molar-refractivity contribution in [2.75, 3.05) is 5.32 Å². The van der Waals surface area contributed by atoms with E-state index in [4.69, 9.17) is 4.74 Å². The Morgan fingerprint density at radius 3 is 2.72 bits per heavy atom. The second-order valence-electron chi connectivity index (χ2n) is 8.29. The minimum atomic E-state index is -0.372. The molecule has 4 rings (SSSR count). The maximum atomic E-state index is 12.7. The molecule has 2 heterocycles. The Morgan fingerprint density at radius 1 is 1.17 bits per heavy atom. The van der Waals surface area contributed by atoms with E-state index in [0.717, 1.165) is 29.8 Å². The molecule has 0 bridgehead atoms. The third-order valence-electron chi connectivity index (χ3n) is 6.36. The average Bonchev–Trinajstić information content (AvgIpc) is 3.29. The van der Waals surface area contributed by atoms with Gasteiger partial charge in [-0.05, 0) is 42.9 Å². The fourth-order valence-electron chi connectivity index (χ4n) is 5.01. The van der Waals surface area contributed by atoms with Crippen molar-refractivity contribution in [3.63, 3.8) is 0 Å². The number of amides is 1. The molecule has 1 aliphatic carbocycles. The van der Waals surface area contributed by atoms with Crippen LogP contribution in [0.3, 0.4) is 0 Å². The summed E-state index contributed by atoms with van der Waals surface area (Å²) in [6, 6.07) is 14.1. The van der Waals surface area contributed by atoms with Crippen LogP contribution in [0.5, 0.6) is 0 Å². The minimum Gasteiger partial charge on any atom is -0.445 e. The number of anilines is 1. The van der Waals surface area contributed by atoms with E-state index in [0.29, 0.717) is 17.9 Å². The summed E-state index contributed by atoms with van der Waals surface area (Å²) in [7, 11) is 0. The van der Waals surface area contributed by atoms with E-state index in [2.05, 4.69) is 28.6 Å². The topological polar surface area (TPSA) is 63.2 Å². The third-order valence-corrected chi connectivity index (χ3v) is 6.36. The first-order valence-electron chi connectivity index (χ1n) is 10.9. The first-order chi connectivity index (χ1) is 14.3. The van der Waals surface area contributed by atoms with Crippen molar-refractivity contribution in [2.45, 2.75) is 64.1 Å². The van der Waals surface area contributed by atoms with Gasteiger partial charge in [-0.1, -0.05) is 56.5 Å². The van der Waals surface area contributed by atoms with Gasteiger partial charge in [0.1, 0.15) is 6.61 Å². The molecule has 2 aliphatic rings. The summed E-state index contributed by atoms with van der Waals surface area (Å²) in [6.07, 6.45) is 8.70. The number of pyridine rings is 1. The number of alkyl carbamates (subject to hydrolysis) is 1. The number of hydrogen-bond acceptors (Lipinski definition) is 4. The normalized spacial score (nSPS) is 23.8. The third kappa shape index (κ3) is 4.55. The predicted octanol–water partition coefficient (Wildman–Crippen LogP) is 5.45. The number of rotatable bonds is 6. The molecule has 0 radical (unpaired) electrons. The smallest absolute Gasteiger partial charge is 0.408 e. The molecule has 1 aliphatic heterocycles. The number of hydrogen-bond donors (Lipinski definition) is 2. The van der Waals surface area contributed by atoms with Crippen LogP contribution < -0.4 is 10.6 Å². The second-order valence-corrected chi connectivity index (χ2v) is 8.29. The average molecular weight is 394 g/mol. The summed E-state index contributed by atoms with van der Waals surface area (Å²) in [4.78, 5) is 17.3. The fourth-order valence-corrected chi connectivity index (χ4v) is 5.01. The molecule has 0 spiro atoms. The Kier molecular flexibility index (Phi) is 6.33. The van der Waals surface area contributed by atoms with Crippen LogP contribution in [0.2, 0.25) is 0 Å². The van der Waals surface area contributed by atoms with E-state index < -0.39 is 0 Å². The monoisotopic (exact) mass is 393 g/mol. The first kappa shape index (κ1) is 19.7. The van der Waals surface area contributed by atoms with Crippen molar-refractivity contribution in [1.29, 1.82) is 0 Å². The van der Waals surface area contributed by atoms with Crippen molar-refractivity contribution >= 4 is 11.8 Å². The zero-order valence-corrected chi connectivity index (χ0v) is 17.1. The lowest BCUT2D eigenvalue weighted by Gasteiger charge is -2.42. The van der Waals surface area contributed by atoms with E-state index in [1.165, 1.54) is 25.7 Å². The Bertz CT molecular complexity index is 805. The fraction of sp³-hybridized carbons (Fsp3) is 0.500. The van der Waals surface area contributed by atoms with Crippen LogP contribution in [-0.2, 0) is 11.3 Å². The van der Waals surface area contributed by atoms with Gasteiger partial charge in [-0.2, -0.15) is 0 Å². The van der Waals surface area contributed by atoms with Gasteiger partial charge < -0.3 is 15.4 Å². The second kappa shape index (κ2) is 9.29. The van der Waals surface area contributed by atoms with Crippen LogP contribution in [0.1, 0.15) is 62.7 Å². The molecule has 5 nitrogen and oxygen atoms in total. The van der Waals surface area contributed by atoms with Crippen LogP contribution >= 0.6 is 0 Å². The van der Waals surface area contributed by atoms with Gasteiger partial charge in [0, 0.05) is 18.2 Å². The lowest BCUT2D eigenvalue weighted by Crippen LogP contribution is -2.48. The van der Waals surface area contributed by atoms with Crippen LogP contribution in [-0.4, -0.2) is 17.1 Å². The van der Waals surface area contributed by atoms with E-state index in [1.807, 2.05) is 42.6 Å². The van der Waals surface area contributed by atoms with E-state index >= 15 is 0 Å². The molecule has 29 heavy (non-hydrogen) atoms. The first-order valence-corrected chi connectivity index (χ1v) is 10.9. The van der Waals surface area contributed by atoms with Crippen molar-refractivity contribution < 1.29 is 9.53 Å². The Labute approximate surface area is 173 Å². The van der Waals surface area contributed by atoms with Crippen molar-refractivity contribution in [3.05, 3.63) is 59.9 Å². The van der Waals surface area contributed by atoms with E-state index in [1.54, 1.807) is 0 Å². The lowest BCUT2D eigenvalue weighted by atomic mass is 9.76. The summed E-state index contributed by atoms with van der Waals surface area (Å²) in [5, 5.41) is 6.95. The highest BCUT2D eigenvalue weighted by Crippen LogP contribution is 2.44. The maximum absolute atomic E-state index is 12.7. The molecule has 1 fully saturated rings. The zero-order chi connectivity index (χ0) is 20.1. The number of carbonyl (C=O) groups is 1. The van der Waals surface area contributed by atoms with Gasteiger partial charge in [-0.25, -0.2) is 4.79 Å². The highest BCUT2D eigenvalue weighted by molar-refractivity contribution is 5.69. The van der Waals surface area contributed by atoms with Crippen molar-refractivity contribution in [1.82, 2.24) is 10.3 Å². The van der Waals surface area contributed by atoms with Gasteiger partial charge >= 0.3 is 6.09 Å². The molecular formula is C24H31N3O2. The summed E-state index contributed by atoms with van der Waals surface area (Å²) < 4.78 is 5.53. The van der Waals surface area contributed by atoms with Crippen LogP contribution in [0.15, 0.2) is 48.7 Å². The van der Waals surface area contributed by atoms with Crippen LogP contribution in [0.4, 0.5) is 10.5 Å². The SMILES string of the molecule is CCC[C@@H]1[C@@H](NC(=O)OCc2ccccc2)c2ncccc2N[C@H]1C1CCCC1. The largest absolute Gasteiger partial charge is 0.445 e. The van der Waals surface area contributed by atoms with E-state index in [9.17, 15) is 4.79 Å². The van der Waals surface area contributed by atoms with E-state index in [-0.39, 0.29) is 18.7 Å². The number of nitrogens with one attached hydrogen (secondary N) is 2. The molecule has 0 saturated heterocycles. The zero-order valence-electron chi connectivity index (χ0n) is 17.1. The van der Waals surface area contributed by atoms with Gasteiger partial charge in [0.15, 0.2) is 0 Å². The minimum absolute atomic E-state index is 0.124. The molecule has 1 aromatic heterocycles. The number of carbonyl (C=O) groups excluding carboxylic acids is 1. The lowest BCUT2D eigenvalue weighted by molar-refractivity contribution is 0.126. The van der Waals surface area contributed by atoms with Crippen LogP contribution in [0, 0.1) is 11.8 Å². The molecule has 3 atom stereocenters. The molecular weight excluding hydrogens is 362 g/mol. The maximum Gasteiger partial charge on any atom is 0.408 e. The molecule has 154 valence electrons. The molecule has 0 unspecified atom stereocenters. The molecule has 2 aromatic rings. The number of fused-ring (bicyclic) bond motifs is 1. The summed E-state index contributed by atoms with van der Waals surface area (Å²) in [5.41, 5.74) is 2.96. The number of nitrogens with zero attached hydrogens (tertiary/aromatic N) is 1. The van der Waals surface area contributed by atoms with Gasteiger partial charge in [-0.3, -0.25) is 4.98 Å². The summed E-state index contributed by atoms with van der Waals surface area (Å²) in [5.74, 6) is 0.972. The number of aromatic nitrogens is 1. The van der Waals surface area contributed by atoms with Gasteiger partial charge in [0.05, 0.1) is 17.4 Å². The quantitative estimate of drug-likeness (QED) is 0.685. The van der Waals surface area contributed by atoms with Gasteiger partial charge in [-0.15, -0.1) is 0 Å². The molecule has 1 aromatic carbocycles. The number of benzene rings is 1. The Hall–Kier alpha value is -2.56. The summed E-state index contributed by atoms with van der Waals surface area (Å²) in [6.45, 7) is 2.49. The molecule has 2 N–H and O–H groups in total. The van der Waals surface area contributed by atoms with Crippen LogP contribution in [0.25, 0.3) is 0 Å². The van der Waals surface area contributed by atoms with Crippen molar-refractivity contribution in [3.8, 4) is 0 Å². The highest BCUT2D eigenvalue weighted by atomic mass is 16.5. The standard InChI is InChI=1S/C24H31N3O2/c1-2-9-19-21(18-12-6-7-13-18)26-20-14-8-15-25-23(20)22(19)27-24(28)29-16-17-10-4-3-5-11-17/h3-5,8,10-11,14-15,18-19,21-22,26H,2,6-7,9,12-13,16H2,1H3,(H,27,28)/t19-,21-,22+/m0/s1. The van der Waals surface area contributed by atoms with Crippen molar-refractivity contribution in [2.24, 2.45) is 11.8 Å². The number of ether oxygens (including phenoxy) is 1. The Morgan fingerprint density at radius 2 is 1.97 bits per heavy atom. The molecule has 1 amide bonds. The predicted molar refractivity (Wildman–Crippen MR) is 115 cm³/mol. The molecule has 1 saturated carbocycles. The Balaban J connectivity index is 1.53.